The molecule has 0 radical (unpaired) electrons. The van der Waals surface area contributed by atoms with E-state index in [4.69, 9.17) is 16.1 Å². The molecule has 0 aromatic carbocycles. The van der Waals surface area contributed by atoms with Crippen molar-refractivity contribution >= 4 is 27.6 Å². The number of rotatable bonds is 5. The van der Waals surface area contributed by atoms with Gasteiger partial charge in [0.15, 0.2) is 0 Å². The highest BCUT2D eigenvalue weighted by Crippen LogP contribution is 2.28. The van der Waals surface area contributed by atoms with E-state index in [-0.39, 0.29) is 22.2 Å². The molecule has 13 heteroatoms. The smallest absolute Gasteiger partial charge is 0.324 e. The number of nitrogens with zero attached hydrogens (tertiary/aromatic N) is 6. The van der Waals surface area contributed by atoms with E-state index < -0.39 is 21.8 Å². The van der Waals surface area contributed by atoms with Crippen LogP contribution in [-0.2, 0) is 15.9 Å². The van der Waals surface area contributed by atoms with Crippen LogP contribution in [0.1, 0.15) is 25.6 Å². The lowest BCUT2D eigenvalue weighted by atomic mass is 10.1. The molecule has 1 fully saturated rings. The molecule has 3 rings (SSSR count). The van der Waals surface area contributed by atoms with Crippen molar-refractivity contribution < 1.29 is 21.7 Å². The summed E-state index contributed by atoms with van der Waals surface area (Å²) in [6, 6.07) is -0.279. The van der Waals surface area contributed by atoms with Crippen LogP contribution >= 0.6 is 11.6 Å². The fourth-order valence-corrected chi connectivity index (χ4v) is 4.14. The van der Waals surface area contributed by atoms with Gasteiger partial charge < -0.3 is 9.42 Å². The normalized spacial score (nSPS) is 16.9. The zero-order valence-electron chi connectivity index (χ0n) is 14.5. The highest BCUT2D eigenvalue weighted by atomic mass is 35.5. The molecule has 2 aromatic heterocycles. The molecule has 0 bridgehead atoms. The highest BCUT2D eigenvalue weighted by Gasteiger charge is 2.35. The van der Waals surface area contributed by atoms with Crippen LogP contribution in [-0.4, -0.2) is 59.0 Å². The number of sulfonamides is 1. The number of aromatic nitrogens is 4. The molecule has 2 aromatic rings. The lowest BCUT2D eigenvalue weighted by molar-refractivity contribution is 0.00559. The number of anilines is 1. The van der Waals surface area contributed by atoms with Crippen molar-refractivity contribution in [2.45, 2.75) is 36.6 Å². The predicted octanol–water partition coefficient (Wildman–Crippen LogP) is 1.91. The van der Waals surface area contributed by atoms with Crippen LogP contribution in [0.3, 0.4) is 0 Å². The molecular formula is C14H17ClF2N6O3S. The minimum absolute atomic E-state index is 0.00147. The molecule has 1 aliphatic rings. The lowest BCUT2D eigenvalue weighted by Gasteiger charge is -2.35. The van der Waals surface area contributed by atoms with Gasteiger partial charge in [0, 0.05) is 33.1 Å². The standard InChI is InChI=1S/C14H17ClF2N6O3S/c1-14(16,17)11-20-13(26-21-11)23-5-3-9(4-6-23)22(2)27(24,25)10-7-18-12(15)19-8-10/h7-9H,3-6H2,1-2H3. The van der Waals surface area contributed by atoms with Crippen LogP contribution in [0.5, 0.6) is 0 Å². The van der Waals surface area contributed by atoms with E-state index in [9.17, 15) is 17.2 Å². The molecule has 0 atom stereocenters. The summed E-state index contributed by atoms with van der Waals surface area (Å²) in [5, 5.41) is 3.25. The van der Waals surface area contributed by atoms with Crippen LogP contribution in [0.25, 0.3) is 0 Å². The highest BCUT2D eigenvalue weighted by molar-refractivity contribution is 7.89. The zero-order chi connectivity index (χ0) is 19.8. The summed E-state index contributed by atoms with van der Waals surface area (Å²) in [4.78, 5) is 12.7. The molecule has 1 aliphatic heterocycles. The largest absolute Gasteiger partial charge is 0.324 e. The van der Waals surface area contributed by atoms with E-state index in [1.165, 1.54) is 11.4 Å². The Morgan fingerprint density at radius 3 is 2.41 bits per heavy atom. The molecule has 148 valence electrons. The molecule has 27 heavy (non-hydrogen) atoms. The number of halogens is 3. The second kappa shape index (κ2) is 7.24. The summed E-state index contributed by atoms with van der Waals surface area (Å²) in [5.74, 6) is -3.86. The fourth-order valence-electron chi connectivity index (χ4n) is 2.74. The first kappa shape index (κ1) is 19.8. The maximum Gasteiger partial charge on any atom is 0.324 e. The second-order valence-electron chi connectivity index (χ2n) is 6.22. The molecule has 0 unspecified atom stereocenters. The van der Waals surface area contributed by atoms with Gasteiger partial charge in [-0.3, -0.25) is 0 Å². The molecular weight excluding hydrogens is 406 g/mol. The van der Waals surface area contributed by atoms with Crippen LogP contribution in [0.2, 0.25) is 5.28 Å². The van der Waals surface area contributed by atoms with E-state index in [2.05, 4.69) is 20.1 Å². The van der Waals surface area contributed by atoms with E-state index in [1.54, 1.807) is 4.90 Å². The van der Waals surface area contributed by atoms with E-state index >= 15 is 0 Å². The maximum absolute atomic E-state index is 13.2. The Hall–Kier alpha value is -1.92. The molecule has 0 N–H and O–H groups in total. The lowest BCUT2D eigenvalue weighted by Crippen LogP contribution is -2.45. The Labute approximate surface area is 159 Å². The summed E-state index contributed by atoms with van der Waals surface area (Å²) in [7, 11) is -2.29. The molecule has 0 spiro atoms. The summed E-state index contributed by atoms with van der Waals surface area (Å²) >= 11 is 5.59. The summed E-state index contributed by atoms with van der Waals surface area (Å²) < 4.78 is 58.0. The van der Waals surface area contributed by atoms with Crippen molar-refractivity contribution in [3.05, 3.63) is 23.5 Å². The van der Waals surface area contributed by atoms with Gasteiger partial charge in [-0.05, 0) is 24.4 Å². The van der Waals surface area contributed by atoms with Gasteiger partial charge in [0.1, 0.15) is 4.90 Å². The SMILES string of the molecule is CN(C1CCN(c2nc(C(C)(F)F)no2)CC1)S(=O)(=O)c1cnc(Cl)nc1. The van der Waals surface area contributed by atoms with Crippen molar-refractivity contribution in [2.75, 3.05) is 25.0 Å². The van der Waals surface area contributed by atoms with Crippen LogP contribution in [0, 0.1) is 0 Å². The Morgan fingerprint density at radius 2 is 1.89 bits per heavy atom. The van der Waals surface area contributed by atoms with Crippen molar-refractivity contribution in [2.24, 2.45) is 0 Å². The van der Waals surface area contributed by atoms with Gasteiger partial charge in [-0.2, -0.15) is 18.1 Å². The number of hydrogen-bond donors (Lipinski definition) is 0. The van der Waals surface area contributed by atoms with Gasteiger partial charge in [0.25, 0.3) is 0 Å². The molecule has 0 amide bonds. The first-order valence-corrected chi connectivity index (χ1v) is 9.83. The monoisotopic (exact) mass is 422 g/mol. The first-order chi connectivity index (χ1) is 12.6. The summed E-state index contributed by atoms with van der Waals surface area (Å²) in [6.07, 6.45) is 3.23. The minimum Gasteiger partial charge on any atom is -0.324 e. The number of hydrogen-bond acceptors (Lipinski definition) is 8. The third-order valence-electron chi connectivity index (χ3n) is 4.33. The van der Waals surface area contributed by atoms with Gasteiger partial charge >= 0.3 is 11.9 Å². The van der Waals surface area contributed by atoms with Crippen molar-refractivity contribution in [3.63, 3.8) is 0 Å². The first-order valence-electron chi connectivity index (χ1n) is 8.01. The maximum atomic E-state index is 13.2. The second-order valence-corrected chi connectivity index (χ2v) is 8.55. The third-order valence-corrected chi connectivity index (χ3v) is 6.39. The van der Waals surface area contributed by atoms with Crippen LogP contribution in [0.15, 0.2) is 21.8 Å². The molecule has 0 aliphatic carbocycles. The Bertz CT molecular complexity index is 894. The third kappa shape index (κ3) is 4.17. The average Bonchev–Trinajstić information content (AvgIpc) is 3.12. The van der Waals surface area contributed by atoms with Crippen molar-refractivity contribution in [1.29, 1.82) is 0 Å². The number of alkyl halides is 2. The van der Waals surface area contributed by atoms with E-state index in [1.807, 2.05) is 0 Å². The zero-order valence-corrected chi connectivity index (χ0v) is 16.1. The average molecular weight is 423 g/mol. The minimum atomic E-state index is -3.77. The van der Waals surface area contributed by atoms with Crippen molar-refractivity contribution in [1.82, 2.24) is 24.4 Å². The van der Waals surface area contributed by atoms with E-state index in [0.717, 1.165) is 12.4 Å². The molecule has 1 saturated heterocycles. The quantitative estimate of drug-likeness (QED) is 0.673. The van der Waals surface area contributed by atoms with Gasteiger partial charge in [-0.15, -0.1) is 0 Å². The van der Waals surface area contributed by atoms with Gasteiger partial charge in [0.2, 0.25) is 21.1 Å². The Balaban J connectivity index is 1.66. The molecule has 9 nitrogen and oxygen atoms in total. The molecule has 0 saturated carbocycles. The topological polar surface area (TPSA) is 105 Å². The molecule has 3 heterocycles. The van der Waals surface area contributed by atoms with Crippen LogP contribution < -0.4 is 4.90 Å². The van der Waals surface area contributed by atoms with Gasteiger partial charge in [0.05, 0.1) is 12.4 Å². The summed E-state index contributed by atoms with van der Waals surface area (Å²) in [6.45, 7) is 1.46. The van der Waals surface area contributed by atoms with Gasteiger partial charge in [-0.1, -0.05) is 5.16 Å². The van der Waals surface area contributed by atoms with Crippen LogP contribution in [0.4, 0.5) is 14.8 Å². The Kier molecular flexibility index (Phi) is 5.32. The Morgan fingerprint density at radius 1 is 1.30 bits per heavy atom. The summed E-state index contributed by atoms with van der Waals surface area (Å²) in [5.41, 5.74) is 0. The predicted molar refractivity (Wildman–Crippen MR) is 91.1 cm³/mol. The number of piperidine rings is 1. The van der Waals surface area contributed by atoms with Gasteiger partial charge in [-0.25, -0.2) is 18.4 Å². The van der Waals surface area contributed by atoms with Crippen molar-refractivity contribution in [3.8, 4) is 0 Å². The fraction of sp³-hybridized carbons (Fsp3) is 0.571. The van der Waals surface area contributed by atoms with E-state index in [0.29, 0.717) is 32.9 Å².